The Morgan fingerprint density at radius 1 is 1.73 bits per heavy atom. The molecule has 0 fully saturated rings. The minimum atomic E-state index is -0.551. The molecule has 0 radical (unpaired) electrons. The third-order valence-corrected chi connectivity index (χ3v) is 2.21. The summed E-state index contributed by atoms with van der Waals surface area (Å²) in [6.45, 7) is 2.15. The van der Waals surface area contributed by atoms with Gasteiger partial charge in [0.2, 0.25) is 0 Å². The number of Topliss-reactive ketones (excluding diaryl/α,β-unsaturated/α-hetero) is 1. The Kier molecular flexibility index (Phi) is 3.99. The number of ether oxygens (including phenoxy) is 1. The SMILES string of the molecule is COCC(N)C(=O)Cc1cc(C)nn1C. The number of hydrogen-bond donors (Lipinski definition) is 1. The van der Waals surface area contributed by atoms with E-state index in [-0.39, 0.29) is 12.4 Å². The molecule has 0 aliphatic carbocycles. The Balaban J connectivity index is 2.62. The van der Waals surface area contributed by atoms with Gasteiger partial charge in [-0.25, -0.2) is 0 Å². The van der Waals surface area contributed by atoms with Crippen LogP contribution in [0.3, 0.4) is 0 Å². The van der Waals surface area contributed by atoms with Crippen molar-refractivity contribution in [2.45, 2.75) is 19.4 Å². The summed E-state index contributed by atoms with van der Waals surface area (Å²) in [5, 5.41) is 4.16. The molecule has 0 amide bonds. The molecule has 84 valence electrons. The minimum Gasteiger partial charge on any atom is -0.383 e. The maximum Gasteiger partial charge on any atom is 0.157 e. The van der Waals surface area contributed by atoms with Gasteiger partial charge in [-0.2, -0.15) is 5.10 Å². The van der Waals surface area contributed by atoms with Gasteiger partial charge in [0.25, 0.3) is 0 Å². The van der Waals surface area contributed by atoms with E-state index in [1.807, 2.05) is 20.0 Å². The van der Waals surface area contributed by atoms with Crippen LogP contribution in [0.4, 0.5) is 0 Å². The standard InChI is InChI=1S/C10H17N3O2/c1-7-4-8(13(2)12-7)5-10(14)9(11)6-15-3/h4,9H,5-6,11H2,1-3H3. The Morgan fingerprint density at radius 3 is 2.87 bits per heavy atom. The molecule has 5 heteroatoms. The number of ketones is 1. The number of methoxy groups -OCH3 is 1. The molecule has 1 unspecified atom stereocenters. The molecule has 0 aliphatic heterocycles. The molecule has 1 aromatic rings. The van der Waals surface area contributed by atoms with Gasteiger partial charge in [-0.15, -0.1) is 0 Å². The minimum absolute atomic E-state index is 0.0279. The molecule has 5 nitrogen and oxygen atoms in total. The number of nitrogens with two attached hydrogens (primary N) is 1. The lowest BCUT2D eigenvalue weighted by Gasteiger charge is -2.08. The van der Waals surface area contributed by atoms with Crippen LogP contribution in [0.5, 0.6) is 0 Å². The van der Waals surface area contributed by atoms with Crippen LogP contribution >= 0.6 is 0 Å². The largest absolute Gasteiger partial charge is 0.383 e. The van der Waals surface area contributed by atoms with Gasteiger partial charge >= 0.3 is 0 Å². The van der Waals surface area contributed by atoms with E-state index < -0.39 is 6.04 Å². The summed E-state index contributed by atoms with van der Waals surface area (Å²) in [7, 11) is 3.35. The Hall–Kier alpha value is -1.20. The zero-order valence-corrected chi connectivity index (χ0v) is 9.36. The lowest BCUT2D eigenvalue weighted by molar-refractivity contribution is -0.120. The summed E-state index contributed by atoms with van der Waals surface area (Å²) in [6.07, 6.45) is 0.307. The van der Waals surface area contributed by atoms with E-state index in [4.69, 9.17) is 10.5 Å². The average molecular weight is 211 g/mol. The van der Waals surface area contributed by atoms with E-state index in [0.717, 1.165) is 11.4 Å². The summed E-state index contributed by atoms with van der Waals surface area (Å²) in [6, 6.07) is 1.34. The third kappa shape index (κ3) is 3.14. The predicted molar refractivity (Wildman–Crippen MR) is 56.5 cm³/mol. The van der Waals surface area contributed by atoms with Crippen molar-refractivity contribution in [3.63, 3.8) is 0 Å². The van der Waals surface area contributed by atoms with Crippen molar-refractivity contribution in [1.29, 1.82) is 0 Å². The Labute approximate surface area is 89.2 Å². The number of aryl methyl sites for hydroxylation is 2. The summed E-state index contributed by atoms with van der Waals surface area (Å²) in [4.78, 5) is 11.6. The first-order valence-corrected chi connectivity index (χ1v) is 4.81. The number of aromatic nitrogens is 2. The van der Waals surface area contributed by atoms with Gasteiger partial charge in [-0.1, -0.05) is 0 Å². The summed E-state index contributed by atoms with van der Waals surface area (Å²) in [5.74, 6) is -0.0279. The molecule has 1 rings (SSSR count). The van der Waals surface area contributed by atoms with Gasteiger partial charge < -0.3 is 10.5 Å². The smallest absolute Gasteiger partial charge is 0.157 e. The van der Waals surface area contributed by atoms with Gasteiger partial charge in [-0.05, 0) is 13.0 Å². The first-order chi connectivity index (χ1) is 7.04. The molecule has 0 aliphatic rings. The third-order valence-electron chi connectivity index (χ3n) is 2.21. The van der Waals surface area contributed by atoms with Crippen LogP contribution in [-0.4, -0.2) is 35.3 Å². The monoisotopic (exact) mass is 211 g/mol. The second-order valence-corrected chi connectivity index (χ2v) is 3.61. The quantitative estimate of drug-likeness (QED) is 0.733. The first kappa shape index (κ1) is 11.9. The van der Waals surface area contributed by atoms with Crippen LogP contribution < -0.4 is 5.73 Å². The van der Waals surface area contributed by atoms with Crippen molar-refractivity contribution in [2.24, 2.45) is 12.8 Å². The molecule has 0 saturated heterocycles. The van der Waals surface area contributed by atoms with Gasteiger partial charge in [0.05, 0.1) is 24.8 Å². The molecule has 15 heavy (non-hydrogen) atoms. The zero-order chi connectivity index (χ0) is 11.4. The maximum absolute atomic E-state index is 11.6. The van der Waals surface area contributed by atoms with E-state index >= 15 is 0 Å². The zero-order valence-electron chi connectivity index (χ0n) is 9.36. The van der Waals surface area contributed by atoms with Crippen LogP contribution in [0.1, 0.15) is 11.4 Å². The van der Waals surface area contributed by atoms with Crippen molar-refractivity contribution < 1.29 is 9.53 Å². The molecule has 1 heterocycles. The second-order valence-electron chi connectivity index (χ2n) is 3.61. The van der Waals surface area contributed by atoms with Crippen LogP contribution in [0.25, 0.3) is 0 Å². The summed E-state index contributed by atoms with van der Waals surface area (Å²) in [5.41, 5.74) is 7.41. The second kappa shape index (κ2) is 5.04. The lowest BCUT2D eigenvalue weighted by Crippen LogP contribution is -2.36. The molecule has 1 atom stereocenters. The van der Waals surface area contributed by atoms with Gasteiger partial charge in [-0.3, -0.25) is 9.48 Å². The van der Waals surface area contributed by atoms with E-state index in [0.29, 0.717) is 6.42 Å². The van der Waals surface area contributed by atoms with Gasteiger partial charge in [0.1, 0.15) is 0 Å². The lowest BCUT2D eigenvalue weighted by atomic mass is 10.1. The summed E-state index contributed by atoms with van der Waals surface area (Å²) >= 11 is 0. The Morgan fingerprint density at radius 2 is 2.40 bits per heavy atom. The number of rotatable bonds is 5. The average Bonchev–Trinajstić information content (AvgIpc) is 2.45. The highest BCUT2D eigenvalue weighted by molar-refractivity contribution is 5.85. The molecule has 1 aromatic heterocycles. The topological polar surface area (TPSA) is 70.1 Å². The fourth-order valence-corrected chi connectivity index (χ4v) is 1.41. The first-order valence-electron chi connectivity index (χ1n) is 4.81. The van der Waals surface area contributed by atoms with E-state index in [1.54, 1.807) is 4.68 Å². The molecular weight excluding hydrogens is 194 g/mol. The van der Waals surface area contributed by atoms with Crippen molar-refractivity contribution in [2.75, 3.05) is 13.7 Å². The number of hydrogen-bond acceptors (Lipinski definition) is 4. The molecule has 2 N–H and O–H groups in total. The van der Waals surface area contributed by atoms with Gasteiger partial charge in [0, 0.05) is 19.9 Å². The molecule has 0 saturated carbocycles. The Bertz CT molecular complexity index is 346. The highest BCUT2D eigenvalue weighted by Gasteiger charge is 2.15. The van der Waals surface area contributed by atoms with Crippen molar-refractivity contribution in [3.8, 4) is 0 Å². The normalized spacial score (nSPS) is 12.8. The van der Waals surface area contributed by atoms with Crippen molar-refractivity contribution in [3.05, 3.63) is 17.5 Å². The van der Waals surface area contributed by atoms with Crippen LogP contribution in [-0.2, 0) is 23.0 Å². The fourth-order valence-electron chi connectivity index (χ4n) is 1.41. The molecule has 0 bridgehead atoms. The van der Waals surface area contributed by atoms with E-state index in [1.165, 1.54) is 7.11 Å². The molecule has 0 aromatic carbocycles. The summed E-state index contributed by atoms with van der Waals surface area (Å²) < 4.78 is 6.53. The van der Waals surface area contributed by atoms with E-state index in [9.17, 15) is 4.79 Å². The van der Waals surface area contributed by atoms with Crippen LogP contribution in [0, 0.1) is 6.92 Å². The van der Waals surface area contributed by atoms with Crippen molar-refractivity contribution in [1.82, 2.24) is 9.78 Å². The highest BCUT2D eigenvalue weighted by atomic mass is 16.5. The highest BCUT2D eigenvalue weighted by Crippen LogP contribution is 2.04. The molecular formula is C10H17N3O2. The van der Waals surface area contributed by atoms with Gasteiger partial charge in [0.15, 0.2) is 5.78 Å². The molecule has 0 spiro atoms. The maximum atomic E-state index is 11.6. The van der Waals surface area contributed by atoms with Crippen LogP contribution in [0.15, 0.2) is 6.07 Å². The number of carbonyl (C=O) groups excluding carboxylic acids is 1. The van der Waals surface area contributed by atoms with Crippen molar-refractivity contribution >= 4 is 5.78 Å². The number of nitrogens with zero attached hydrogens (tertiary/aromatic N) is 2. The van der Waals surface area contributed by atoms with Crippen LogP contribution in [0.2, 0.25) is 0 Å². The predicted octanol–water partition coefficient (Wildman–Crippen LogP) is -0.186. The fraction of sp³-hybridized carbons (Fsp3) is 0.600. The number of carbonyl (C=O) groups is 1. The van der Waals surface area contributed by atoms with E-state index in [2.05, 4.69) is 5.10 Å².